The molecule has 3 nitrogen and oxygen atoms in total. The van der Waals surface area contributed by atoms with Gasteiger partial charge in [0.1, 0.15) is 5.82 Å². The highest BCUT2D eigenvalue weighted by Gasteiger charge is 2.18. The molecular weight excluding hydrogens is 216 g/mol. The molecule has 0 radical (unpaired) electrons. The summed E-state index contributed by atoms with van der Waals surface area (Å²) < 4.78 is 25.7. The number of aliphatic hydroxyl groups excluding tert-OH is 1. The van der Waals surface area contributed by atoms with Crippen molar-refractivity contribution >= 4 is 12.4 Å². The van der Waals surface area contributed by atoms with Gasteiger partial charge in [-0.25, -0.2) is 8.78 Å². The van der Waals surface area contributed by atoms with E-state index in [0.717, 1.165) is 12.1 Å². The molecule has 0 spiro atoms. The lowest BCUT2D eigenvalue weighted by atomic mass is 10.1. The number of benzene rings is 1. The van der Waals surface area contributed by atoms with Gasteiger partial charge in [-0.15, -0.1) is 12.4 Å². The van der Waals surface area contributed by atoms with E-state index in [0.29, 0.717) is 0 Å². The molecule has 0 aliphatic carbocycles. The molecule has 1 aromatic carbocycles. The van der Waals surface area contributed by atoms with Crippen LogP contribution in [0.5, 0.6) is 5.75 Å². The fourth-order valence-corrected chi connectivity index (χ4v) is 1.00. The van der Waals surface area contributed by atoms with Gasteiger partial charge in [0.25, 0.3) is 0 Å². The van der Waals surface area contributed by atoms with E-state index in [4.69, 9.17) is 15.9 Å². The summed E-state index contributed by atoms with van der Waals surface area (Å²) in [6.07, 6.45) is 0. The van der Waals surface area contributed by atoms with Gasteiger partial charge < -0.3 is 15.9 Å². The Labute approximate surface area is 85.6 Å². The van der Waals surface area contributed by atoms with Crippen molar-refractivity contribution in [2.45, 2.75) is 6.04 Å². The Bertz CT molecular complexity index is 322. The van der Waals surface area contributed by atoms with E-state index in [1.807, 2.05) is 0 Å². The molecule has 4 N–H and O–H groups in total. The number of aromatic hydroxyl groups is 1. The van der Waals surface area contributed by atoms with Crippen molar-refractivity contribution in [2.24, 2.45) is 5.73 Å². The summed E-state index contributed by atoms with van der Waals surface area (Å²) in [6.45, 7) is -0.562. The molecule has 0 aliphatic heterocycles. The Balaban J connectivity index is 0.00000169. The highest BCUT2D eigenvalue weighted by atomic mass is 35.5. The van der Waals surface area contributed by atoms with Gasteiger partial charge >= 0.3 is 0 Å². The summed E-state index contributed by atoms with van der Waals surface area (Å²) in [5.74, 6) is -2.64. The number of halogens is 3. The first-order valence-electron chi connectivity index (χ1n) is 3.61. The van der Waals surface area contributed by atoms with E-state index in [1.54, 1.807) is 0 Å². The quantitative estimate of drug-likeness (QED) is 0.706. The van der Waals surface area contributed by atoms with Crippen molar-refractivity contribution < 1.29 is 19.0 Å². The Kier molecular flexibility index (Phi) is 4.76. The van der Waals surface area contributed by atoms with Crippen molar-refractivity contribution in [1.82, 2.24) is 0 Å². The monoisotopic (exact) mass is 225 g/mol. The second-order valence-corrected chi connectivity index (χ2v) is 2.58. The average Bonchev–Trinajstić information content (AvgIpc) is 2.12. The minimum Gasteiger partial charge on any atom is -0.505 e. The zero-order valence-corrected chi connectivity index (χ0v) is 7.89. The molecule has 1 atom stereocenters. The van der Waals surface area contributed by atoms with Crippen LogP contribution in [0.3, 0.4) is 0 Å². The molecule has 0 heterocycles. The van der Waals surface area contributed by atoms with Gasteiger partial charge in [0, 0.05) is 0 Å². The van der Waals surface area contributed by atoms with Crippen LogP contribution >= 0.6 is 12.4 Å². The maximum absolute atomic E-state index is 13.0. The van der Waals surface area contributed by atoms with Crippen molar-refractivity contribution in [2.75, 3.05) is 6.61 Å². The van der Waals surface area contributed by atoms with Crippen molar-refractivity contribution in [3.05, 3.63) is 29.3 Å². The van der Waals surface area contributed by atoms with E-state index in [2.05, 4.69) is 0 Å². The second-order valence-electron chi connectivity index (χ2n) is 2.58. The van der Waals surface area contributed by atoms with Crippen molar-refractivity contribution in [1.29, 1.82) is 0 Å². The summed E-state index contributed by atoms with van der Waals surface area (Å²) in [6, 6.07) is 0.522. The Hall–Kier alpha value is -0.910. The molecule has 0 unspecified atom stereocenters. The van der Waals surface area contributed by atoms with Crippen LogP contribution in [-0.2, 0) is 0 Å². The number of nitrogens with two attached hydrogens (primary N) is 1. The molecule has 1 rings (SSSR count). The fourth-order valence-electron chi connectivity index (χ4n) is 1.00. The summed E-state index contributed by atoms with van der Waals surface area (Å²) in [4.78, 5) is 0. The number of hydrogen-bond acceptors (Lipinski definition) is 3. The van der Waals surface area contributed by atoms with Gasteiger partial charge in [0.05, 0.1) is 18.2 Å². The maximum Gasteiger partial charge on any atom is 0.165 e. The van der Waals surface area contributed by atoms with E-state index >= 15 is 0 Å². The minimum atomic E-state index is -1.12. The van der Waals surface area contributed by atoms with Crippen LogP contribution < -0.4 is 5.73 Å². The Morgan fingerprint density at radius 2 is 1.79 bits per heavy atom. The fraction of sp³-hybridized carbons (Fsp3) is 0.250. The molecule has 0 saturated carbocycles. The van der Waals surface area contributed by atoms with E-state index in [9.17, 15) is 8.78 Å². The number of phenols is 1. The first kappa shape index (κ1) is 13.1. The lowest BCUT2D eigenvalue weighted by Crippen LogP contribution is -2.16. The molecule has 1 aromatic rings. The van der Waals surface area contributed by atoms with Crippen LogP contribution in [0, 0.1) is 11.6 Å². The molecule has 0 fully saturated rings. The lowest BCUT2D eigenvalue weighted by Gasteiger charge is -2.11. The summed E-state index contributed by atoms with van der Waals surface area (Å²) in [5.41, 5.74) is 4.85. The van der Waals surface area contributed by atoms with Crippen LogP contribution in [0.4, 0.5) is 8.78 Å². The molecule has 14 heavy (non-hydrogen) atoms. The molecular formula is C8H10ClF2NO2. The van der Waals surface area contributed by atoms with E-state index < -0.39 is 35.6 Å². The number of aliphatic hydroxyl groups is 1. The third kappa shape index (κ3) is 2.31. The zero-order chi connectivity index (χ0) is 10.0. The SMILES string of the molecule is Cl.N[C@H](CO)c1c(F)ccc(F)c1O. The molecule has 0 aromatic heterocycles. The largest absolute Gasteiger partial charge is 0.505 e. The highest BCUT2D eigenvalue weighted by molar-refractivity contribution is 5.85. The molecule has 80 valence electrons. The van der Waals surface area contributed by atoms with Crippen LogP contribution in [0.15, 0.2) is 12.1 Å². The average molecular weight is 226 g/mol. The third-order valence-corrected chi connectivity index (χ3v) is 1.68. The van der Waals surface area contributed by atoms with Gasteiger partial charge in [-0.2, -0.15) is 0 Å². The molecule has 0 bridgehead atoms. The topological polar surface area (TPSA) is 66.5 Å². The Morgan fingerprint density at radius 1 is 1.29 bits per heavy atom. The summed E-state index contributed by atoms with van der Waals surface area (Å²) >= 11 is 0. The van der Waals surface area contributed by atoms with Crippen molar-refractivity contribution in [3.8, 4) is 5.75 Å². The van der Waals surface area contributed by atoms with Gasteiger partial charge in [-0.3, -0.25) is 0 Å². The lowest BCUT2D eigenvalue weighted by molar-refractivity contribution is 0.261. The van der Waals surface area contributed by atoms with E-state index in [1.165, 1.54) is 0 Å². The highest BCUT2D eigenvalue weighted by Crippen LogP contribution is 2.28. The normalized spacial score (nSPS) is 12.0. The van der Waals surface area contributed by atoms with Crippen LogP contribution in [-0.4, -0.2) is 16.8 Å². The van der Waals surface area contributed by atoms with Crippen LogP contribution in [0.2, 0.25) is 0 Å². The molecule has 0 saturated heterocycles. The first-order valence-corrected chi connectivity index (χ1v) is 3.61. The summed E-state index contributed by atoms with van der Waals surface area (Å²) in [7, 11) is 0. The van der Waals surface area contributed by atoms with Crippen LogP contribution in [0.1, 0.15) is 11.6 Å². The number of hydrogen-bond donors (Lipinski definition) is 3. The molecule has 6 heteroatoms. The standard InChI is InChI=1S/C8H9F2NO2.ClH/c9-4-1-2-5(10)8(13)7(4)6(11)3-12;/h1-2,6,12-13H,3,11H2;1H/t6-;/m1./s1. The second kappa shape index (κ2) is 5.09. The zero-order valence-electron chi connectivity index (χ0n) is 7.08. The number of phenolic OH excluding ortho intramolecular Hbond substituents is 1. The van der Waals surface area contributed by atoms with E-state index in [-0.39, 0.29) is 12.4 Å². The molecule has 0 aliphatic rings. The van der Waals surface area contributed by atoms with Crippen LogP contribution in [0.25, 0.3) is 0 Å². The van der Waals surface area contributed by atoms with Gasteiger partial charge in [-0.1, -0.05) is 0 Å². The minimum absolute atomic E-state index is 0. The van der Waals surface area contributed by atoms with Crippen molar-refractivity contribution in [3.63, 3.8) is 0 Å². The Morgan fingerprint density at radius 3 is 2.29 bits per heavy atom. The number of rotatable bonds is 2. The smallest absolute Gasteiger partial charge is 0.165 e. The summed E-state index contributed by atoms with van der Waals surface area (Å²) in [5, 5.41) is 17.7. The van der Waals surface area contributed by atoms with Gasteiger partial charge in [-0.05, 0) is 12.1 Å². The first-order chi connectivity index (χ1) is 6.07. The van der Waals surface area contributed by atoms with Gasteiger partial charge in [0.15, 0.2) is 11.6 Å². The maximum atomic E-state index is 13.0. The predicted octanol–water partition coefficient (Wildman–Crippen LogP) is 1.08. The predicted molar refractivity (Wildman–Crippen MR) is 49.3 cm³/mol. The van der Waals surface area contributed by atoms with Gasteiger partial charge in [0.2, 0.25) is 0 Å². The molecule has 0 amide bonds. The third-order valence-electron chi connectivity index (χ3n) is 1.68.